The number of alkyl halides is 1. The molecule has 1 aliphatic rings. The zero-order valence-corrected chi connectivity index (χ0v) is 6.33. The van der Waals surface area contributed by atoms with E-state index in [1.165, 1.54) is 0 Å². The van der Waals surface area contributed by atoms with Gasteiger partial charge < -0.3 is 5.11 Å². The van der Waals surface area contributed by atoms with Crippen molar-refractivity contribution < 1.29 is 9.50 Å². The van der Waals surface area contributed by atoms with Gasteiger partial charge in [-0.1, -0.05) is 5.92 Å². The van der Waals surface area contributed by atoms with Gasteiger partial charge in [0, 0.05) is 19.5 Å². The minimum atomic E-state index is -0.924. The van der Waals surface area contributed by atoms with E-state index < -0.39 is 12.3 Å². The predicted molar refractivity (Wildman–Crippen MR) is 40.8 cm³/mol. The van der Waals surface area contributed by atoms with Crippen LogP contribution >= 0.6 is 0 Å². The van der Waals surface area contributed by atoms with Crippen molar-refractivity contribution in [3.8, 4) is 12.3 Å². The predicted octanol–water partition coefficient (Wildman–Crippen LogP) is 0.0243. The number of hydrogen-bond acceptors (Lipinski definition) is 2. The Morgan fingerprint density at radius 3 is 2.91 bits per heavy atom. The summed E-state index contributed by atoms with van der Waals surface area (Å²) < 4.78 is 12.7. The third-order valence-electron chi connectivity index (χ3n) is 1.77. The van der Waals surface area contributed by atoms with E-state index in [1.807, 2.05) is 0 Å². The molecule has 62 valence electrons. The topological polar surface area (TPSA) is 23.5 Å². The normalized spacial score (nSPS) is 33.2. The summed E-state index contributed by atoms with van der Waals surface area (Å²) in [7, 11) is 0. The maximum Gasteiger partial charge on any atom is 0.115 e. The summed E-state index contributed by atoms with van der Waals surface area (Å²) in [6.07, 6.45) is 3.83. The Bertz CT molecular complexity index is 156. The fraction of sp³-hybridized carbons (Fsp3) is 0.750. The number of hydrogen-bond donors (Lipinski definition) is 1. The SMILES string of the molecule is C#CCN1CC(O)CC(F)C1. The van der Waals surface area contributed by atoms with Crippen LogP contribution < -0.4 is 0 Å². The molecule has 1 aliphatic heterocycles. The Balaban J connectivity index is 2.38. The highest BCUT2D eigenvalue weighted by atomic mass is 19.1. The van der Waals surface area contributed by atoms with E-state index in [4.69, 9.17) is 11.5 Å². The smallest absolute Gasteiger partial charge is 0.115 e. The molecule has 1 fully saturated rings. The quantitative estimate of drug-likeness (QED) is 0.543. The van der Waals surface area contributed by atoms with E-state index in [1.54, 1.807) is 4.90 Å². The van der Waals surface area contributed by atoms with Crippen molar-refractivity contribution in [2.75, 3.05) is 19.6 Å². The van der Waals surface area contributed by atoms with Crippen molar-refractivity contribution in [3.63, 3.8) is 0 Å². The van der Waals surface area contributed by atoms with Crippen LogP contribution in [0, 0.1) is 12.3 Å². The molecule has 1 N–H and O–H groups in total. The summed E-state index contributed by atoms with van der Waals surface area (Å²) in [5.74, 6) is 2.43. The minimum Gasteiger partial charge on any atom is -0.392 e. The van der Waals surface area contributed by atoms with Gasteiger partial charge in [0.1, 0.15) is 6.17 Å². The number of aliphatic hydroxyl groups excluding tert-OH is 1. The first-order valence-corrected chi connectivity index (χ1v) is 3.70. The van der Waals surface area contributed by atoms with Crippen molar-refractivity contribution >= 4 is 0 Å². The molecule has 2 atom stereocenters. The third kappa shape index (κ3) is 2.49. The van der Waals surface area contributed by atoms with Gasteiger partial charge in [-0.05, 0) is 0 Å². The van der Waals surface area contributed by atoms with Gasteiger partial charge in [0.25, 0.3) is 0 Å². The molecule has 0 aromatic carbocycles. The van der Waals surface area contributed by atoms with Crippen molar-refractivity contribution in [3.05, 3.63) is 0 Å². The van der Waals surface area contributed by atoms with Crippen LogP contribution in [0.25, 0.3) is 0 Å². The van der Waals surface area contributed by atoms with Crippen LogP contribution in [0.2, 0.25) is 0 Å². The second-order valence-electron chi connectivity index (χ2n) is 2.89. The number of piperidine rings is 1. The number of likely N-dealkylation sites (tertiary alicyclic amines) is 1. The van der Waals surface area contributed by atoms with E-state index >= 15 is 0 Å². The zero-order valence-electron chi connectivity index (χ0n) is 6.33. The Hall–Kier alpha value is -0.590. The average Bonchev–Trinajstić information content (AvgIpc) is 1.85. The van der Waals surface area contributed by atoms with Crippen LogP contribution in [0.5, 0.6) is 0 Å². The molecule has 0 radical (unpaired) electrons. The van der Waals surface area contributed by atoms with Gasteiger partial charge in [-0.2, -0.15) is 0 Å². The first kappa shape index (κ1) is 8.51. The Morgan fingerprint density at radius 2 is 2.36 bits per heavy atom. The van der Waals surface area contributed by atoms with Gasteiger partial charge in [0.2, 0.25) is 0 Å². The maximum atomic E-state index is 12.7. The van der Waals surface area contributed by atoms with Crippen LogP contribution in [-0.4, -0.2) is 41.9 Å². The molecule has 11 heavy (non-hydrogen) atoms. The molecule has 0 bridgehead atoms. The van der Waals surface area contributed by atoms with Crippen LogP contribution in [0.15, 0.2) is 0 Å². The molecule has 0 aromatic heterocycles. The Labute approximate surface area is 66.0 Å². The number of rotatable bonds is 1. The maximum absolute atomic E-state index is 12.7. The standard InChI is InChI=1S/C8H12FNO/c1-2-3-10-5-7(9)4-8(11)6-10/h1,7-8,11H,3-6H2. The second-order valence-corrected chi connectivity index (χ2v) is 2.89. The Kier molecular flexibility index (Phi) is 2.86. The summed E-state index contributed by atoms with van der Waals surface area (Å²) >= 11 is 0. The van der Waals surface area contributed by atoms with Crippen LogP contribution in [0.4, 0.5) is 4.39 Å². The molecule has 1 heterocycles. The van der Waals surface area contributed by atoms with Crippen molar-refractivity contribution in [2.45, 2.75) is 18.7 Å². The summed E-state index contributed by atoms with van der Waals surface area (Å²) in [5.41, 5.74) is 0. The number of nitrogens with zero attached hydrogens (tertiary/aromatic N) is 1. The van der Waals surface area contributed by atoms with E-state index in [-0.39, 0.29) is 6.42 Å². The summed E-state index contributed by atoms with van der Waals surface area (Å²) in [6, 6.07) is 0. The van der Waals surface area contributed by atoms with Crippen molar-refractivity contribution in [1.29, 1.82) is 0 Å². The summed E-state index contributed by atoms with van der Waals surface area (Å²) in [4.78, 5) is 1.75. The summed E-state index contributed by atoms with van der Waals surface area (Å²) in [6.45, 7) is 1.30. The minimum absolute atomic E-state index is 0.251. The molecule has 0 amide bonds. The lowest BCUT2D eigenvalue weighted by Crippen LogP contribution is -2.44. The fourth-order valence-electron chi connectivity index (χ4n) is 1.36. The zero-order chi connectivity index (χ0) is 8.27. The van der Waals surface area contributed by atoms with Gasteiger partial charge in [0.15, 0.2) is 0 Å². The van der Waals surface area contributed by atoms with Gasteiger partial charge >= 0.3 is 0 Å². The molecule has 0 spiro atoms. The first-order valence-electron chi connectivity index (χ1n) is 3.70. The number of β-amino-alcohol motifs (C(OH)–C–C–N with tert-alkyl or cyclic N) is 1. The van der Waals surface area contributed by atoms with Crippen LogP contribution in [0.1, 0.15) is 6.42 Å². The highest BCUT2D eigenvalue weighted by Gasteiger charge is 2.24. The molecule has 0 aliphatic carbocycles. The lowest BCUT2D eigenvalue weighted by atomic mass is 10.1. The molecule has 1 rings (SSSR count). The molecule has 0 aromatic rings. The van der Waals surface area contributed by atoms with Gasteiger partial charge in [0.05, 0.1) is 12.6 Å². The van der Waals surface area contributed by atoms with E-state index in [2.05, 4.69) is 5.92 Å². The molecule has 2 nitrogen and oxygen atoms in total. The van der Waals surface area contributed by atoms with E-state index in [9.17, 15) is 4.39 Å². The second kappa shape index (κ2) is 3.70. The molecule has 0 saturated carbocycles. The van der Waals surface area contributed by atoms with E-state index in [0.717, 1.165) is 0 Å². The number of terminal acetylenes is 1. The highest BCUT2D eigenvalue weighted by Crippen LogP contribution is 2.12. The largest absolute Gasteiger partial charge is 0.392 e. The average molecular weight is 157 g/mol. The number of halogens is 1. The number of aliphatic hydroxyl groups is 1. The van der Waals surface area contributed by atoms with E-state index in [0.29, 0.717) is 19.6 Å². The monoisotopic (exact) mass is 157 g/mol. The molecule has 2 unspecified atom stereocenters. The molecule has 1 saturated heterocycles. The van der Waals surface area contributed by atoms with Gasteiger partial charge in [-0.15, -0.1) is 6.42 Å². The lowest BCUT2D eigenvalue weighted by molar-refractivity contribution is 0.0326. The fourth-order valence-corrected chi connectivity index (χ4v) is 1.36. The third-order valence-corrected chi connectivity index (χ3v) is 1.77. The molecule has 3 heteroatoms. The first-order chi connectivity index (χ1) is 5.22. The summed E-state index contributed by atoms with van der Waals surface area (Å²) in [5, 5.41) is 9.13. The van der Waals surface area contributed by atoms with Gasteiger partial charge in [-0.3, -0.25) is 4.90 Å². The van der Waals surface area contributed by atoms with Crippen molar-refractivity contribution in [1.82, 2.24) is 4.90 Å². The Morgan fingerprint density at radius 1 is 1.64 bits per heavy atom. The van der Waals surface area contributed by atoms with Gasteiger partial charge in [-0.25, -0.2) is 4.39 Å². The van der Waals surface area contributed by atoms with Crippen LogP contribution in [0.3, 0.4) is 0 Å². The molecular formula is C8H12FNO. The molecular weight excluding hydrogens is 145 g/mol. The highest BCUT2D eigenvalue weighted by molar-refractivity contribution is 4.91. The lowest BCUT2D eigenvalue weighted by Gasteiger charge is -2.30. The van der Waals surface area contributed by atoms with Crippen molar-refractivity contribution in [2.24, 2.45) is 0 Å². The van der Waals surface area contributed by atoms with Crippen LogP contribution in [-0.2, 0) is 0 Å².